The molecule has 0 aliphatic carbocycles. The van der Waals surface area contributed by atoms with Gasteiger partial charge in [-0.05, 0) is 44.5 Å². The highest BCUT2D eigenvalue weighted by Crippen LogP contribution is 2.27. The largest absolute Gasteiger partial charge is 0.294 e. The lowest BCUT2D eigenvalue weighted by Gasteiger charge is -2.11. The van der Waals surface area contributed by atoms with Crippen molar-refractivity contribution in [2.24, 2.45) is 0 Å². The van der Waals surface area contributed by atoms with Crippen molar-refractivity contribution in [2.45, 2.75) is 25.7 Å². The first-order valence-corrected chi connectivity index (χ1v) is 10.8. The lowest BCUT2D eigenvalue weighted by molar-refractivity contribution is 0.600. The van der Waals surface area contributed by atoms with Gasteiger partial charge in [-0.1, -0.05) is 29.8 Å². The van der Waals surface area contributed by atoms with E-state index < -0.39 is 10.0 Å². The van der Waals surface area contributed by atoms with Gasteiger partial charge >= 0.3 is 0 Å². The van der Waals surface area contributed by atoms with E-state index in [1.165, 1.54) is 0 Å². The van der Waals surface area contributed by atoms with Crippen molar-refractivity contribution in [1.29, 1.82) is 0 Å². The summed E-state index contributed by atoms with van der Waals surface area (Å²) in [5.74, 6) is 0. The van der Waals surface area contributed by atoms with E-state index in [-0.39, 0.29) is 4.90 Å². The predicted molar refractivity (Wildman–Crippen MR) is 110 cm³/mol. The van der Waals surface area contributed by atoms with Crippen molar-refractivity contribution in [1.82, 2.24) is 9.38 Å². The lowest BCUT2D eigenvalue weighted by Crippen LogP contribution is -2.14. The van der Waals surface area contributed by atoms with Gasteiger partial charge in [-0.25, -0.2) is 13.4 Å². The number of hydrogen-bond donors (Lipinski definition) is 1. The summed E-state index contributed by atoms with van der Waals surface area (Å²) in [4.78, 5) is 5.84. The Bertz CT molecular complexity index is 1250. The summed E-state index contributed by atoms with van der Waals surface area (Å²) in [6.45, 7) is 5.78. The number of thiazole rings is 1. The van der Waals surface area contributed by atoms with Crippen molar-refractivity contribution >= 4 is 32.0 Å². The second-order valence-corrected chi connectivity index (χ2v) is 9.10. The maximum absolute atomic E-state index is 12.8. The van der Waals surface area contributed by atoms with E-state index in [1.54, 1.807) is 36.5 Å². The van der Waals surface area contributed by atoms with E-state index in [1.807, 2.05) is 48.7 Å². The van der Waals surface area contributed by atoms with Gasteiger partial charge in [0.15, 0.2) is 4.96 Å². The van der Waals surface area contributed by atoms with Gasteiger partial charge in [0.1, 0.15) is 0 Å². The molecule has 0 atom stereocenters. The quantitative estimate of drug-likeness (QED) is 0.538. The maximum Gasteiger partial charge on any atom is 0.262 e. The molecule has 0 fully saturated rings. The molecule has 0 aliphatic rings. The van der Waals surface area contributed by atoms with Crippen LogP contribution in [-0.4, -0.2) is 17.8 Å². The van der Waals surface area contributed by atoms with E-state index in [0.29, 0.717) is 5.69 Å². The highest BCUT2D eigenvalue weighted by atomic mass is 32.2. The van der Waals surface area contributed by atoms with Crippen molar-refractivity contribution in [2.75, 3.05) is 4.72 Å². The van der Waals surface area contributed by atoms with Crippen molar-refractivity contribution in [3.63, 3.8) is 0 Å². The van der Waals surface area contributed by atoms with Gasteiger partial charge < -0.3 is 0 Å². The second-order valence-electron chi connectivity index (χ2n) is 6.61. The van der Waals surface area contributed by atoms with Crippen LogP contribution in [0.3, 0.4) is 0 Å². The lowest BCUT2D eigenvalue weighted by atomic mass is 10.1. The summed E-state index contributed by atoms with van der Waals surface area (Å²) in [6, 6.07) is 12.6. The molecule has 0 saturated heterocycles. The molecule has 7 heteroatoms. The zero-order valence-electron chi connectivity index (χ0n) is 15.2. The number of hydrogen-bond acceptors (Lipinski definition) is 4. The number of sulfonamides is 1. The molecule has 1 N–H and O–H groups in total. The number of rotatable bonds is 4. The molecule has 27 heavy (non-hydrogen) atoms. The summed E-state index contributed by atoms with van der Waals surface area (Å²) >= 11 is 1.58. The monoisotopic (exact) mass is 397 g/mol. The van der Waals surface area contributed by atoms with Crippen molar-refractivity contribution < 1.29 is 8.42 Å². The smallest absolute Gasteiger partial charge is 0.262 e. The van der Waals surface area contributed by atoms with Crippen molar-refractivity contribution in [3.8, 4) is 11.3 Å². The van der Waals surface area contributed by atoms with Crippen LogP contribution in [-0.2, 0) is 10.0 Å². The summed E-state index contributed by atoms with van der Waals surface area (Å²) in [5.41, 5.74) is 5.08. The normalized spacial score (nSPS) is 11.8. The first-order valence-electron chi connectivity index (χ1n) is 8.47. The number of nitrogens with one attached hydrogen (secondary N) is 1. The SMILES string of the molecule is Cc1ccc(S(=O)(=O)Nc2cccc(-c3cn4c(C)csc4n3)c2)c(C)c1. The van der Waals surface area contributed by atoms with Gasteiger partial charge in [0, 0.05) is 28.5 Å². The molecule has 4 aromatic rings. The Morgan fingerprint density at radius 2 is 1.89 bits per heavy atom. The first kappa shape index (κ1) is 17.8. The van der Waals surface area contributed by atoms with E-state index in [9.17, 15) is 8.42 Å². The number of imidazole rings is 1. The van der Waals surface area contributed by atoms with Crippen LogP contribution in [0.1, 0.15) is 16.8 Å². The molecule has 138 valence electrons. The minimum Gasteiger partial charge on any atom is -0.294 e. The Balaban J connectivity index is 1.68. The number of benzene rings is 2. The average molecular weight is 398 g/mol. The number of aryl methyl sites for hydroxylation is 3. The fourth-order valence-electron chi connectivity index (χ4n) is 3.09. The Hall–Kier alpha value is -2.64. The molecule has 0 aliphatic heterocycles. The zero-order chi connectivity index (χ0) is 19.2. The second kappa shape index (κ2) is 6.51. The molecule has 5 nitrogen and oxygen atoms in total. The van der Waals surface area contributed by atoms with Crippen LogP contribution in [0.2, 0.25) is 0 Å². The van der Waals surface area contributed by atoms with E-state index in [4.69, 9.17) is 0 Å². The van der Waals surface area contributed by atoms with Crippen LogP contribution in [0.25, 0.3) is 16.2 Å². The summed E-state index contributed by atoms with van der Waals surface area (Å²) in [6.07, 6.45) is 1.97. The molecule has 2 aromatic heterocycles. The number of aromatic nitrogens is 2. The van der Waals surface area contributed by atoms with Crippen LogP contribution in [0, 0.1) is 20.8 Å². The Morgan fingerprint density at radius 3 is 2.63 bits per heavy atom. The number of nitrogens with zero attached hydrogens (tertiary/aromatic N) is 2. The maximum atomic E-state index is 12.8. The fourth-order valence-corrected chi connectivity index (χ4v) is 5.21. The molecule has 0 amide bonds. The Kier molecular flexibility index (Phi) is 4.28. The molecule has 0 radical (unpaired) electrons. The van der Waals surface area contributed by atoms with Crippen LogP contribution >= 0.6 is 11.3 Å². The van der Waals surface area contributed by atoms with Crippen LogP contribution in [0.5, 0.6) is 0 Å². The zero-order valence-corrected chi connectivity index (χ0v) is 16.9. The molecule has 0 bridgehead atoms. The van der Waals surface area contributed by atoms with Gasteiger partial charge in [-0.15, -0.1) is 11.3 Å². The van der Waals surface area contributed by atoms with Gasteiger partial charge in [-0.2, -0.15) is 0 Å². The molecule has 0 unspecified atom stereocenters. The van der Waals surface area contributed by atoms with Crippen molar-refractivity contribution in [3.05, 3.63) is 70.9 Å². The topological polar surface area (TPSA) is 63.5 Å². The third-order valence-electron chi connectivity index (χ3n) is 4.42. The third-order valence-corrected chi connectivity index (χ3v) is 6.92. The van der Waals surface area contributed by atoms with Gasteiger partial charge in [0.2, 0.25) is 0 Å². The highest BCUT2D eigenvalue weighted by molar-refractivity contribution is 7.92. The molecule has 2 aromatic carbocycles. The summed E-state index contributed by atoms with van der Waals surface area (Å²) in [7, 11) is -3.65. The molecular formula is C20H19N3O2S2. The minimum atomic E-state index is -3.65. The standard InChI is InChI=1S/C20H19N3O2S2/c1-13-7-8-19(14(2)9-13)27(24,25)22-17-6-4-5-16(10-17)18-11-23-15(3)12-26-20(23)21-18/h4-12,22H,1-3H3. The van der Waals surface area contributed by atoms with Crippen LogP contribution in [0.4, 0.5) is 5.69 Å². The highest BCUT2D eigenvalue weighted by Gasteiger charge is 2.17. The fraction of sp³-hybridized carbons (Fsp3) is 0.150. The van der Waals surface area contributed by atoms with Gasteiger partial charge in [0.05, 0.1) is 10.6 Å². The van der Waals surface area contributed by atoms with Crippen LogP contribution in [0.15, 0.2) is 58.9 Å². The van der Waals surface area contributed by atoms with E-state index in [2.05, 4.69) is 15.1 Å². The molecular weight excluding hydrogens is 378 g/mol. The first-order chi connectivity index (χ1) is 12.8. The Morgan fingerprint density at radius 1 is 1.07 bits per heavy atom. The van der Waals surface area contributed by atoms with E-state index in [0.717, 1.165) is 33.0 Å². The Labute approximate surface area is 162 Å². The van der Waals surface area contributed by atoms with E-state index >= 15 is 0 Å². The summed E-state index contributed by atoms with van der Waals surface area (Å²) < 4.78 is 30.3. The summed E-state index contributed by atoms with van der Waals surface area (Å²) in [5, 5.41) is 2.06. The predicted octanol–water partition coefficient (Wildman–Crippen LogP) is 4.79. The van der Waals surface area contributed by atoms with Gasteiger partial charge in [-0.3, -0.25) is 9.12 Å². The van der Waals surface area contributed by atoms with Crippen LogP contribution < -0.4 is 4.72 Å². The third kappa shape index (κ3) is 3.36. The van der Waals surface area contributed by atoms with Gasteiger partial charge in [0.25, 0.3) is 10.0 Å². The number of anilines is 1. The molecule has 2 heterocycles. The number of fused-ring (bicyclic) bond motifs is 1. The molecule has 4 rings (SSSR count). The molecule has 0 saturated carbocycles. The molecule has 0 spiro atoms. The minimum absolute atomic E-state index is 0.289. The average Bonchev–Trinajstić information content (AvgIpc) is 3.17.